The zero-order valence-electron chi connectivity index (χ0n) is 16.1. The molecule has 0 atom stereocenters. The van der Waals surface area contributed by atoms with Crippen LogP contribution in [0.25, 0.3) is 5.69 Å². The van der Waals surface area contributed by atoms with Gasteiger partial charge in [-0.3, -0.25) is 4.79 Å². The van der Waals surface area contributed by atoms with Crippen LogP contribution >= 0.6 is 0 Å². The van der Waals surface area contributed by atoms with Crippen LogP contribution in [-0.4, -0.2) is 27.5 Å². The lowest BCUT2D eigenvalue weighted by Crippen LogP contribution is -2.17. The Balaban J connectivity index is 1.72. The molecule has 0 saturated carbocycles. The molecule has 0 saturated heterocycles. The normalized spacial score (nSPS) is 11.3. The summed E-state index contributed by atoms with van der Waals surface area (Å²) < 4.78 is 7.21. The van der Waals surface area contributed by atoms with Crippen LogP contribution < -0.4 is 10.1 Å². The predicted molar refractivity (Wildman–Crippen MR) is 106 cm³/mol. The van der Waals surface area contributed by atoms with Crippen LogP contribution in [0.5, 0.6) is 5.75 Å². The molecule has 27 heavy (non-hydrogen) atoms. The second kappa shape index (κ2) is 7.61. The largest absolute Gasteiger partial charge is 0.494 e. The van der Waals surface area contributed by atoms with Crippen molar-refractivity contribution in [3.63, 3.8) is 0 Å². The minimum absolute atomic E-state index is 0.0654. The number of nitrogens with one attached hydrogen (secondary N) is 1. The number of hydrogen-bond donors (Lipinski definition) is 1. The summed E-state index contributed by atoms with van der Waals surface area (Å²) in [6.45, 7) is 8.88. The molecule has 2 aromatic carbocycles. The minimum Gasteiger partial charge on any atom is -0.494 e. The second-order valence-electron chi connectivity index (χ2n) is 7.24. The van der Waals surface area contributed by atoms with Gasteiger partial charge in [-0.25, -0.2) is 4.68 Å². The van der Waals surface area contributed by atoms with Crippen molar-refractivity contribution < 1.29 is 9.53 Å². The Morgan fingerprint density at radius 2 is 1.74 bits per heavy atom. The molecule has 6 heteroatoms. The van der Waals surface area contributed by atoms with Crippen LogP contribution in [0, 0.1) is 0 Å². The van der Waals surface area contributed by atoms with Crippen molar-refractivity contribution >= 4 is 11.6 Å². The van der Waals surface area contributed by atoms with Gasteiger partial charge in [0, 0.05) is 16.7 Å². The van der Waals surface area contributed by atoms with Crippen LogP contribution in [0.3, 0.4) is 0 Å². The summed E-state index contributed by atoms with van der Waals surface area (Å²) in [6, 6.07) is 14.6. The molecule has 3 aromatic rings. The first-order valence-electron chi connectivity index (χ1n) is 8.94. The average Bonchev–Trinajstić information content (AvgIpc) is 3.13. The molecule has 1 aromatic heterocycles. The third-order valence-electron chi connectivity index (χ3n) is 4.11. The topological polar surface area (TPSA) is 69.0 Å². The molecular formula is C21H24N4O2. The molecule has 6 nitrogen and oxygen atoms in total. The van der Waals surface area contributed by atoms with Gasteiger partial charge >= 0.3 is 0 Å². The lowest BCUT2D eigenvalue weighted by Gasteiger charge is -2.19. The Kier molecular flexibility index (Phi) is 5.26. The molecule has 0 spiro atoms. The zero-order valence-corrected chi connectivity index (χ0v) is 16.1. The van der Waals surface area contributed by atoms with Crippen molar-refractivity contribution in [2.75, 3.05) is 11.9 Å². The molecule has 3 rings (SSSR count). The smallest absolute Gasteiger partial charge is 0.255 e. The van der Waals surface area contributed by atoms with E-state index in [0.29, 0.717) is 12.2 Å². The zero-order chi connectivity index (χ0) is 19.4. The second-order valence-corrected chi connectivity index (χ2v) is 7.24. The minimum atomic E-state index is -0.165. The van der Waals surface area contributed by atoms with E-state index in [9.17, 15) is 4.79 Å². The molecule has 0 aliphatic rings. The molecule has 1 N–H and O–H groups in total. The molecule has 140 valence electrons. The molecular weight excluding hydrogens is 340 g/mol. The number of nitrogens with zero attached hydrogens (tertiary/aromatic N) is 3. The number of ether oxygens (including phenoxy) is 1. The Morgan fingerprint density at radius 3 is 2.33 bits per heavy atom. The van der Waals surface area contributed by atoms with Gasteiger partial charge in [0.2, 0.25) is 0 Å². The highest BCUT2D eigenvalue weighted by molar-refractivity contribution is 6.04. The molecule has 0 aliphatic carbocycles. The Morgan fingerprint density at radius 1 is 1.07 bits per heavy atom. The van der Waals surface area contributed by atoms with Gasteiger partial charge in [0.05, 0.1) is 24.2 Å². The lowest BCUT2D eigenvalue weighted by atomic mass is 9.92. The van der Waals surface area contributed by atoms with Gasteiger partial charge in [-0.1, -0.05) is 26.0 Å². The summed E-state index contributed by atoms with van der Waals surface area (Å²) in [6.07, 6.45) is 1.78. The van der Waals surface area contributed by atoms with Crippen LogP contribution in [0.15, 0.2) is 54.7 Å². The van der Waals surface area contributed by atoms with Crippen molar-refractivity contribution in [3.8, 4) is 11.4 Å². The maximum absolute atomic E-state index is 12.4. The number of anilines is 1. The van der Waals surface area contributed by atoms with Gasteiger partial charge in [-0.15, -0.1) is 5.10 Å². The number of hydrogen-bond acceptors (Lipinski definition) is 4. The Labute approximate surface area is 159 Å². The summed E-state index contributed by atoms with van der Waals surface area (Å²) in [5.41, 5.74) is 3.15. The van der Waals surface area contributed by atoms with Gasteiger partial charge in [0.1, 0.15) is 5.75 Å². The monoisotopic (exact) mass is 364 g/mol. The number of carbonyl (C=O) groups is 1. The highest BCUT2D eigenvalue weighted by Gasteiger charge is 2.20. The standard InChI is InChI=1S/C21H24N4O2/c1-5-27-18-12-6-15(7-13-18)20(26)23-16-8-10-17(11-9-16)25-19(14-22-24-25)21(2,3)4/h6-14H,5H2,1-4H3,(H,23,26). The summed E-state index contributed by atoms with van der Waals surface area (Å²) >= 11 is 0. The van der Waals surface area contributed by atoms with E-state index in [2.05, 4.69) is 36.4 Å². The van der Waals surface area contributed by atoms with Crippen LogP contribution in [0.1, 0.15) is 43.7 Å². The van der Waals surface area contributed by atoms with Gasteiger partial charge in [0.25, 0.3) is 5.91 Å². The third kappa shape index (κ3) is 4.34. The Bertz CT molecular complexity index is 907. The van der Waals surface area contributed by atoms with Crippen molar-refractivity contribution in [2.45, 2.75) is 33.1 Å². The highest BCUT2D eigenvalue weighted by atomic mass is 16.5. The van der Waals surface area contributed by atoms with Crippen LogP contribution in [0.4, 0.5) is 5.69 Å². The van der Waals surface area contributed by atoms with E-state index >= 15 is 0 Å². The van der Waals surface area contributed by atoms with Gasteiger partial charge in [0.15, 0.2) is 0 Å². The van der Waals surface area contributed by atoms with Crippen LogP contribution in [0.2, 0.25) is 0 Å². The van der Waals surface area contributed by atoms with E-state index in [1.807, 2.05) is 35.9 Å². The van der Waals surface area contributed by atoms with E-state index in [1.54, 1.807) is 30.5 Å². The number of rotatable bonds is 5. The molecule has 0 radical (unpaired) electrons. The molecule has 1 amide bonds. The fourth-order valence-corrected chi connectivity index (χ4v) is 2.70. The van der Waals surface area contributed by atoms with Gasteiger partial charge in [-0.05, 0) is 55.5 Å². The molecule has 1 heterocycles. The SMILES string of the molecule is CCOc1ccc(C(=O)Nc2ccc(-n3nncc3C(C)(C)C)cc2)cc1. The van der Waals surface area contributed by atoms with Gasteiger partial charge < -0.3 is 10.1 Å². The molecule has 0 fully saturated rings. The van der Waals surface area contributed by atoms with Crippen molar-refractivity contribution in [1.29, 1.82) is 0 Å². The van der Waals surface area contributed by atoms with Crippen molar-refractivity contribution in [2.24, 2.45) is 0 Å². The van der Waals surface area contributed by atoms with Crippen molar-refractivity contribution in [1.82, 2.24) is 15.0 Å². The van der Waals surface area contributed by atoms with Crippen LogP contribution in [-0.2, 0) is 5.41 Å². The Hall–Kier alpha value is -3.15. The highest BCUT2D eigenvalue weighted by Crippen LogP contribution is 2.24. The number of amides is 1. The first-order valence-corrected chi connectivity index (χ1v) is 8.94. The quantitative estimate of drug-likeness (QED) is 0.736. The summed E-state index contributed by atoms with van der Waals surface area (Å²) in [4.78, 5) is 12.4. The lowest BCUT2D eigenvalue weighted by molar-refractivity contribution is 0.102. The fraction of sp³-hybridized carbons (Fsp3) is 0.286. The fourth-order valence-electron chi connectivity index (χ4n) is 2.70. The van der Waals surface area contributed by atoms with E-state index in [1.165, 1.54) is 0 Å². The first-order chi connectivity index (χ1) is 12.9. The predicted octanol–water partition coefficient (Wildman–Crippen LogP) is 4.22. The first kappa shape index (κ1) is 18.6. The molecule has 0 bridgehead atoms. The number of carbonyl (C=O) groups excluding carboxylic acids is 1. The van der Waals surface area contributed by atoms with E-state index in [-0.39, 0.29) is 11.3 Å². The van der Waals surface area contributed by atoms with E-state index in [4.69, 9.17) is 4.74 Å². The maximum atomic E-state index is 12.4. The van der Waals surface area contributed by atoms with E-state index < -0.39 is 0 Å². The third-order valence-corrected chi connectivity index (χ3v) is 4.11. The molecule has 0 aliphatic heterocycles. The summed E-state index contributed by atoms with van der Waals surface area (Å²) in [5, 5.41) is 11.1. The van der Waals surface area contributed by atoms with E-state index in [0.717, 1.165) is 22.8 Å². The number of benzene rings is 2. The van der Waals surface area contributed by atoms with Crippen molar-refractivity contribution in [3.05, 3.63) is 66.0 Å². The number of aromatic nitrogens is 3. The van der Waals surface area contributed by atoms with Gasteiger partial charge in [-0.2, -0.15) is 0 Å². The summed E-state index contributed by atoms with van der Waals surface area (Å²) in [5.74, 6) is 0.586. The molecule has 0 unspecified atom stereocenters. The maximum Gasteiger partial charge on any atom is 0.255 e. The summed E-state index contributed by atoms with van der Waals surface area (Å²) in [7, 11) is 0. The average molecular weight is 364 g/mol.